The van der Waals surface area contributed by atoms with Gasteiger partial charge in [0.25, 0.3) is 0 Å². The third kappa shape index (κ3) is 5.62. The van der Waals surface area contributed by atoms with Crippen molar-refractivity contribution in [2.45, 2.75) is 25.6 Å². The molecule has 0 heterocycles. The van der Waals surface area contributed by atoms with Crippen LogP contribution in [-0.2, 0) is 4.79 Å². The van der Waals surface area contributed by atoms with Crippen molar-refractivity contribution in [1.29, 1.82) is 0 Å². The number of hydrogen-bond donors (Lipinski definition) is 1. The number of carbonyl (C=O) groups is 1. The van der Waals surface area contributed by atoms with Gasteiger partial charge in [-0.05, 0) is 31.6 Å². The molecule has 0 bridgehead atoms. The van der Waals surface area contributed by atoms with Crippen LogP contribution in [0.5, 0.6) is 0 Å². The third-order valence-corrected chi connectivity index (χ3v) is 3.62. The summed E-state index contributed by atoms with van der Waals surface area (Å²) in [6.45, 7) is 8.06. The maximum Gasteiger partial charge on any atom is 0.242 e. The minimum Gasteiger partial charge on any atom is -0.354 e. The Morgan fingerprint density at radius 2 is 1.89 bits per heavy atom. The van der Waals surface area contributed by atoms with Crippen molar-refractivity contribution >= 4 is 17.5 Å². The van der Waals surface area contributed by atoms with Crippen LogP contribution in [0.15, 0.2) is 30.3 Å². The summed E-state index contributed by atoms with van der Waals surface area (Å²) in [7, 11) is 0. The van der Waals surface area contributed by atoms with E-state index in [1.807, 2.05) is 30.3 Å². The van der Waals surface area contributed by atoms with Crippen molar-refractivity contribution < 1.29 is 4.79 Å². The molecule has 19 heavy (non-hydrogen) atoms. The van der Waals surface area contributed by atoms with Crippen molar-refractivity contribution in [2.24, 2.45) is 0 Å². The number of carbonyl (C=O) groups excluding carboxylic acids is 1. The number of alkyl halides is 1. The molecule has 0 aromatic heterocycles. The van der Waals surface area contributed by atoms with Gasteiger partial charge in [0.15, 0.2) is 0 Å². The molecule has 106 valence electrons. The summed E-state index contributed by atoms with van der Waals surface area (Å²) in [5, 5.41) is 2.28. The Morgan fingerprint density at radius 1 is 1.26 bits per heavy atom. The highest BCUT2D eigenvalue weighted by Gasteiger charge is 2.16. The average molecular weight is 283 g/mol. The van der Waals surface area contributed by atoms with Gasteiger partial charge in [-0.2, -0.15) is 0 Å². The monoisotopic (exact) mass is 282 g/mol. The summed E-state index contributed by atoms with van der Waals surface area (Å²) >= 11 is 6.13. The fourth-order valence-electron chi connectivity index (χ4n) is 1.92. The van der Waals surface area contributed by atoms with Gasteiger partial charge in [0.05, 0.1) is 0 Å². The van der Waals surface area contributed by atoms with Crippen LogP contribution in [0.2, 0.25) is 0 Å². The van der Waals surface area contributed by atoms with Crippen LogP contribution in [0.3, 0.4) is 0 Å². The van der Waals surface area contributed by atoms with Crippen LogP contribution in [0.4, 0.5) is 0 Å². The molecule has 3 nitrogen and oxygen atoms in total. The number of halogens is 1. The van der Waals surface area contributed by atoms with E-state index in [-0.39, 0.29) is 5.91 Å². The van der Waals surface area contributed by atoms with E-state index >= 15 is 0 Å². The van der Waals surface area contributed by atoms with E-state index in [1.165, 1.54) is 0 Å². The summed E-state index contributed by atoms with van der Waals surface area (Å²) < 4.78 is 0. The van der Waals surface area contributed by atoms with Gasteiger partial charge in [-0.25, -0.2) is 0 Å². The summed E-state index contributed by atoms with van der Waals surface area (Å²) in [4.78, 5) is 14.2. The molecule has 1 amide bonds. The van der Waals surface area contributed by atoms with Gasteiger partial charge >= 0.3 is 0 Å². The molecule has 1 rings (SSSR count). The summed E-state index contributed by atoms with van der Waals surface area (Å²) in [5.74, 6) is -0.118. The van der Waals surface area contributed by atoms with Crippen LogP contribution in [-0.4, -0.2) is 37.0 Å². The number of benzene rings is 1. The number of nitrogens with one attached hydrogen (secondary N) is 1. The molecule has 0 saturated heterocycles. The maximum absolute atomic E-state index is 11.9. The molecule has 0 radical (unpaired) electrons. The maximum atomic E-state index is 11.9. The van der Waals surface area contributed by atoms with Gasteiger partial charge in [0.1, 0.15) is 5.38 Å². The van der Waals surface area contributed by atoms with Gasteiger partial charge in [-0.3, -0.25) is 4.79 Å². The lowest BCUT2D eigenvalue weighted by atomic mass is 10.1. The summed E-state index contributed by atoms with van der Waals surface area (Å²) in [6.07, 6.45) is 0.950. The van der Waals surface area contributed by atoms with Crippen molar-refractivity contribution in [1.82, 2.24) is 10.2 Å². The number of nitrogens with zero attached hydrogens (tertiary/aromatic N) is 1. The van der Waals surface area contributed by atoms with Gasteiger partial charge in [0.2, 0.25) is 5.91 Å². The number of amides is 1. The smallest absolute Gasteiger partial charge is 0.242 e. The topological polar surface area (TPSA) is 32.3 Å². The number of hydrogen-bond acceptors (Lipinski definition) is 2. The van der Waals surface area contributed by atoms with Crippen LogP contribution < -0.4 is 5.32 Å². The Morgan fingerprint density at radius 3 is 2.47 bits per heavy atom. The normalized spacial score (nSPS) is 12.4. The molecule has 1 N–H and O–H groups in total. The fraction of sp³-hybridized carbons (Fsp3) is 0.533. The van der Waals surface area contributed by atoms with E-state index in [2.05, 4.69) is 24.1 Å². The first-order valence-electron chi connectivity index (χ1n) is 6.88. The van der Waals surface area contributed by atoms with Gasteiger partial charge < -0.3 is 10.2 Å². The van der Waals surface area contributed by atoms with Crippen molar-refractivity contribution in [3.05, 3.63) is 35.9 Å². The van der Waals surface area contributed by atoms with E-state index in [0.717, 1.165) is 31.6 Å². The highest BCUT2D eigenvalue weighted by Crippen LogP contribution is 2.19. The second kappa shape index (κ2) is 8.94. The SMILES string of the molecule is CCN(CC)CCCNC(=O)C(Cl)c1ccccc1. The Balaban J connectivity index is 2.28. The Hall–Kier alpha value is -1.06. The molecule has 1 aromatic carbocycles. The molecule has 0 aliphatic heterocycles. The average Bonchev–Trinajstić information content (AvgIpc) is 2.47. The predicted octanol–water partition coefficient (Wildman–Crippen LogP) is 2.81. The second-order valence-electron chi connectivity index (χ2n) is 4.44. The van der Waals surface area contributed by atoms with Crippen molar-refractivity contribution in [3.8, 4) is 0 Å². The molecule has 4 heteroatoms. The quantitative estimate of drug-likeness (QED) is 0.587. The molecule has 0 saturated carbocycles. The molecule has 0 aliphatic carbocycles. The lowest BCUT2D eigenvalue weighted by molar-refractivity contribution is -0.120. The highest BCUT2D eigenvalue weighted by atomic mass is 35.5. The standard InChI is InChI=1S/C15H23ClN2O/c1-3-18(4-2)12-8-11-17-15(19)14(16)13-9-6-5-7-10-13/h5-7,9-10,14H,3-4,8,11-12H2,1-2H3,(H,17,19). The van der Waals surface area contributed by atoms with Crippen LogP contribution >= 0.6 is 11.6 Å². The first-order valence-corrected chi connectivity index (χ1v) is 7.31. The Kier molecular flexibility index (Phi) is 7.53. The fourth-order valence-corrected chi connectivity index (χ4v) is 2.14. The van der Waals surface area contributed by atoms with E-state index in [0.29, 0.717) is 6.54 Å². The van der Waals surface area contributed by atoms with E-state index in [9.17, 15) is 4.79 Å². The summed E-state index contributed by atoms with van der Waals surface area (Å²) in [5.41, 5.74) is 0.838. The van der Waals surface area contributed by atoms with Crippen LogP contribution in [0, 0.1) is 0 Å². The summed E-state index contributed by atoms with van der Waals surface area (Å²) in [6, 6.07) is 9.42. The lowest BCUT2D eigenvalue weighted by Gasteiger charge is -2.18. The molecule has 0 aliphatic rings. The largest absolute Gasteiger partial charge is 0.354 e. The molecule has 1 unspecified atom stereocenters. The first kappa shape index (κ1) is 16.0. The van der Waals surface area contributed by atoms with Gasteiger partial charge in [0, 0.05) is 6.54 Å². The minimum atomic E-state index is -0.602. The molecular weight excluding hydrogens is 260 g/mol. The zero-order chi connectivity index (χ0) is 14.1. The first-order chi connectivity index (χ1) is 9.19. The third-order valence-electron chi connectivity index (χ3n) is 3.17. The molecular formula is C15H23ClN2O. The molecule has 0 spiro atoms. The molecule has 1 aromatic rings. The van der Waals surface area contributed by atoms with Crippen LogP contribution in [0.25, 0.3) is 0 Å². The zero-order valence-corrected chi connectivity index (χ0v) is 12.5. The van der Waals surface area contributed by atoms with E-state index < -0.39 is 5.38 Å². The lowest BCUT2D eigenvalue weighted by Crippen LogP contribution is -2.31. The second-order valence-corrected chi connectivity index (χ2v) is 4.88. The Labute approximate surface area is 120 Å². The predicted molar refractivity (Wildman–Crippen MR) is 80.5 cm³/mol. The minimum absolute atomic E-state index is 0.118. The van der Waals surface area contributed by atoms with E-state index in [4.69, 9.17) is 11.6 Å². The van der Waals surface area contributed by atoms with Gasteiger partial charge in [-0.15, -0.1) is 11.6 Å². The van der Waals surface area contributed by atoms with E-state index in [1.54, 1.807) is 0 Å². The van der Waals surface area contributed by atoms with Crippen molar-refractivity contribution in [3.63, 3.8) is 0 Å². The zero-order valence-electron chi connectivity index (χ0n) is 11.7. The molecule has 1 atom stereocenters. The van der Waals surface area contributed by atoms with Gasteiger partial charge in [-0.1, -0.05) is 44.2 Å². The molecule has 0 fully saturated rings. The Bertz CT molecular complexity index is 366. The van der Waals surface area contributed by atoms with Crippen LogP contribution in [0.1, 0.15) is 31.2 Å². The number of rotatable bonds is 8. The highest BCUT2D eigenvalue weighted by molar-refractivity contribution is 6.30. The van der Waals surface area contributed by atoms with Crippen molar-refractivity contribution in [2.75, 3.05) is 26.2 Å².